The summed E-state index contributed by atoms with van der Waals surface area (Å²) in [5.74, 6) is 1.24. The number of carbonyl (C=O) groups is 2. The van der Waals surface area contributed by atoms with Gasteiger partial charge in [0.25, 0.3) is 0 Å². The van der Waals surface area contributed by atoms with Gasteiger partial charge in [0.1, 0.15) is 5.60 Å². The van der Waals surface area contributed by atoms with Crippen molar-refractivity contribution in [3.63, 3.8) is 0 Å². The molecule has 1 aromatic carbocycles. The summed E-state index contributed by atoms with van der Waals surface area (Å²) in [6.45, 7) is 12.1. The lowest BCUT2D eigenvalue weighted by atomic mass is 9.97. The minimum Gasteiger partial charge on any atom is -0.490 e. The fourth-order valence-electron chi connectivity index (χ4n) is 3.41. The van der Waals surface area contributed by atoms with Crippen molar-refractivity contribution in [2.24, 2.45) is 5.92 Å². The summed E-state index contributed by atoms with van der Waals surface area (Å²) < 4.78 is 16.7. The van der Waals surface area contributed by atoms with Gasteiger partial charge in [0.05, 0.1) is 19.1 Å². The van der Waals surface area contributed by atoms with Gasteiger partial charge in [-0.25, -0.2) is 4.79 Å². The van der Waals surface area contributed by atoms with E-state index >= 15 is 0 Å². The summed E-state index contributed by atoms with van der Waals surface area (Å²) in [7, 11) is 0. The van der Waals surface area contributed by atoms with Gasteiger partial charge in [-0.15, -0.1) is 0 Å². The van der Waals surface area contributed by atoms with Gasteiger partial charge in [0.15, 0.2) is 11.5 Å². The molecule has 1 N–H and O–H groups in total. The van der Waals surface area contributed by atoms with Crippen molar-refractivity contribution in [2.45, 2.75) is 59.5 Å². The minimum atomic E-state index is -0.537. The van der Waals surface area contributed by atoms with E-state index in [-0.39, 0.29) is 17.9 Å². The molecule has 1 unspecified atom stereocenters. The summed E-state index contributed by atoms with van der Waals surface area (Å²) in [4.78, 5) is 26.5. The number of piperidine rings is 1. The van der Waals surface area contributed by atoms with Crippen molar-refractivity contribution in [3.05, 3.63) is 23.8 Å². The van der Waals surface area contributed by atoms with Crippen molar-refractivity contribution < 1.29 is 23.8 Å². The van der Waals surface area contributed by atoms with Crippen molar-refractivity contribution in [1.29, 1.82) is 0 Å². The number of likely N-dealkylation sites (tertiary alicyclic amines) is 1. The van der Waals surface area contributed by atoms with Crippen LogP contribution in [0.3, 0.4) is 0 Å². The van der Waals surface area contributed by atoms with Gasteiger partial charge >= 0.3 is 6.09 Å². The molecule has 0 saturated carbocycles. The Morgan fingerprint density at radius 3 is 2.50 bits per heavy atom. The van der Waals surface area contributed by atoms with Gasteiger partial charge in [-0.1, -0.05) is 6.07 Å². The molecule has 0 aromatic heterocycles. The lowest BCUT2D eigenvalue weighted by Gasteiger charge is -2.33. The van der Waals surface area contributed by atoms with E-state index in [4.69, 9.17) is 14.2 Å². The normalized spacial score (nSPS) is 16.7. The summed E-state index contributed by atoms with van der Waals surface area (Å²) in [6.07, 6.45) is 1.93. The highest BCUT2D eigenvalue weighted by molar-refractivity contribution is 5.80. The molecule has 1 fully saturated rings. The number of hydrogen-bond acceptors (Lipinski definition) is 5. The molecule has 7 nitrogen and oxygen atoms in total. The summed E-state index contributed by atoms with van der Waals surface area (Å²) in [6, 6.07) is 5.86. The average molecular weight is 421 g/mol. The van der Waals surface area contributed by atoms with Gasteiger partial charge in [-0.2, -0.15) is 0 Å². The first kappa shape index (κ1) is 23.8. The third kappa shape index (κ3) is 7.43. The minimum absolute atomic E-state index is 0.0146. The molecule has 2 amide bonds. The number of nitrogens with one attached hydrogen (secondary N) is 1. The molecule has 1 saturated heterocycles. The van der Waals surface area contributed by atoms with Crippen LogP contribution in [0.25, 0.3) is 0 Å². The number of nitrogens with zero attached hydrogens (tertiary/aromatic N) is 1. The zero-order chi connectivity index (χ0) is 22.1. The van der Waals surface area contributed by atoms with Gasteiger partial charge in [0, 0.05) is 19.6 Å². The second-order valence-electron chi connectivity index (χ2n) is 8.45. The van der Waals surface area contributed by atoms with E-state index in [1.807, 2.05) is 52.8 Å². The third-order valence-corrected chi connectivity index (χ3v) is 4.76. The molecular weight excluding hydrogens is 384 g/mol. The Hall–Kier alpha value is -2.44. The molecule has 30 heavy (non-hydrogen) atoms. The van der Waals surface area contributed by atoms with Crippen LogP contribution in [0.2, 0.25) is 0 Å². The van der Waals surface area contributed by atoms with E-state index in [0.717, 1.165) is 29.9 Å². The van der Waals surface area contributed by atoms with Crippen LogP contribution in [0, 0.1) is 5.92 Å². The molecule has 0 aliphatic carbocycles. The van der Waals surface area contributed by atoms with E-state index in [1.165, 1.54) is 0 Å². The van der Waals surface area contributed by atoms with E-state index in [1.54, 1.807) is 4.90 Å². The Kier molecular flexibility index (Phi) is 8.81. The number of amides is 2. The van der Waals surface area contributed by atoms with Crippen molar-refractivity contribution in [2.75, 3.05) is 32.8 Å². The molecule has 0 radical (unpaired) electrons. The largest absolute Gasteiger partial charge is 0.490 e. The predicted molar refractivity (Wildman–Crippen MR) is 116 cm³/mol. The lowest BCUT2D eigenvalue weighted by molar-refractivity contribution is -0.126. The maximum absolute atomic E-state index is 12.6. The number of ether oxygens (including phenoxy) is 3. The maximum Gasteiger partial charge on any atom is 0.410 e. The van der Waals surface area contributed by atoms with E-state index in [9.17, 15) is 9.59 Å². The zero-order valence-electron chi connectivity index (χ0n) is 19.0. The quantitative estimate of drug-likeness (QED) is 0.692. The molecule has 0 spiro atoms. The highest BCUT2D eigenvalue weighted by Gasteiger charge is 2.30. The highest BCUT2D eigenvalue weighted by atomic mass is 16.6. The molecule has 2 rings (SSSR count). The number of hydrogen-bond donors (Lipinski definition) is 1. The van der Waals surface area contributed by atoms with Gasteiger partial charge in [-0.3, -0.25) is 4.79 Å². The Bertz CT molecular complexity index is 714. The SMILES string of the molecule is CCOc1ccc(CCNC(=O)C2CCCN(C(=O)OC(C)(C)C)C2)cc1OCC. The number of carbonyl (C=O) groups excluding carboxylic acids is 2. The van der Waals surface area contributed by atoms with Gasteiger partial charge in [0.2, 0.25) is 5.91 Å². The Balaban J connectivity index is 1.85. The molecule has 1 atom stereocenters. The Labute approximate surface area is 180 Å². The topological polar surface area (TPSA) is 77.1 Å². The van der Waals surface area contributed by atoms with Crippen molar-refractivity contribution in [1.82, 2.24) is 10.2 Å². The fraction of sp³-hybridized carbons (Fsp3) is 0.652. The predicted octanol–water partition coefficient (Wildman–Crippen LogP) is 3.79. The second-order valence-corrected chi connectivity index (χ2v) is 8.45. The average Bonchev–Trinajstić information content (AvgIpc) is 2.69. The standard InChI is InChI=1S/C23H36N2O5/c1-6-28-19-11-10-17(15-20(19)29-7-2)12-13-24-21(26)18-9-8-14-25(16-18)22(27)30-23(3,4)5/h10-11,15,18H,6-9,12-14,16H2,1-5H3,(H,24,26). The smallest absolute Gasteiger partial charge is 0.410 e. The van der Waals surface area contributed by atoms with Crippen LogP contribution in [-0.2, 0) is 16.0 Å². The van der Waals surface area contributed by atoms with Crippen LogP contribution in [-0.4, -0.2) is 55.3 Å². The summed E-state index contributed by atoms with van der Waals surface area (Å²) in [5, 5.41) is 3.01. The Morgan fingerprint density at radius 1 is 1.13 bits per heavy atom. The number of benzene rings is 1. The van der Waals surface area contributed by atoms with Crippen LogP contribution in [0.1, 0.15) is 53.0 Å². The lowest BCUT2D eigenvalue weighted by Crippen LogP contribution is -2.47. The molecule has 168 valence electrons. The first-order chi connectivity index (χ1) is 14.2. The van der Waals surface area contributed by atoms with Crippen molar-refractivity contribution in [3.8, 4) is 11.5 Å². The van der Waals surface area contributed by atoms with Crippen LogP contribution in [0.4, 0.5) is 4.79 Å². The zero-order valence-corrected chi connectivity index (χ0v) is 19.0. The monoisotopic (exact) mass is 420 g/mol. The highest BCUT2D eigenvalue weighted by Crippen LogP contribution is 2.28. The molecule has 1 aromatic rings. The fourth-order valence-corrected chi connectivity index (χ4v) is 3.41. The molecule has 1 aliphatic heterocycles. The van der Waals surface area contributed by atoms with Crippen LogP contribution < -0.4 is 14.8 Å². The molecule has 1 aliphatic rings. The third-order valence-electron chi connectivity index (χ3n) is 4.76. The van der Waals surface area contributed by atoms with Crippen LogP contribution >= 0.6 is 0 Å². The van der Waals surface area contributed by atoms with E-state index < -0.39 is 5.60 Å². The van der Waals surface area contributed by atoms with E-state index in [0.29, 0.717) is 39.3 Å². The molecule has 0 bridgehead atoms. The molecule has 1 heterocycles. The second kappa shape index (κ2) is 11.1. The first-order valence-corrected chi connectivity index (χ1v) is 10.9. The molecule has 7 heteroatoms. The maximum atomic E-state index is 12.6. The van der Waals surface area contributed by atoms with Gasteiger partial charge in [-0.05, 0) is 71.6 Å². The molecular formula is C23H36N2O5. The van der Waals surface area contributed by atoms with Gasteiger partial charge < -0.3 is 24.4 Å². The van der Waals surface area contributed by atoms with Crippen LogP contribution in [0.15, 0.2) is 18.2 Å². The van der Waals surface area contributed by atoms with E-state index in [2.05, 4.69) is 5.32 Å². The van der Waals surface area contributed by atoms with Crippen molar-refractivity contribution >= 4 is 12.0 Å². The summed E-state index contributed by atoms with van der Waals surface area (Å²) in [5.41, 5.74) is 0.533. The summed E-state index contributed by atoms with van der Waals surface area (Å²) >= 11 is 0. The number of rotatable bonds is 8. The Morgan fingerprint density at radius 2 is 1.83 bits per heavy atom. The van der Waals surface area contributed by atoms with Crippen LogP contribution in [0.5, 0.6) is 11.5 Å². The first-order valence-electron chi connectivity index (χ1n) is 10.9.